The van der Waals surface area contributed by atoms with Crippen molar-refractivity contribution in [1.82, 2.24) is 0 Å². The van der Waals surface area contributed by atoms with Crippen LogP contribution in [0, 0.1) is 0 Å². The average Bonchev–Trinajstić information content (AvgIpc) is 3.36. The lowest BCUT2D eigenvalue weighted by atomic mass is 10.0. The van der Waals surface area contributed by atoms with Crippen molar-refractivity contribution in [2.75, 3.05) is 13.2 Å². The number of esters is 3. The van der Waals surface area contributed by atoms with E-state index in [0.29, 0.717) is 19.3 Å². The molecule has 0 bridgehead atoms. The fourth-order valence-corrected chi connectivity index (χ4v) is 7.72. The summed E-state index contributed by atoms with van der Waals surface area (Å²) in [6.45, 7) is 6.32. The Hall–Kier alpha value is -3.93. The van der Waals surface area contributed by atoms with Gasteiger partial charge in [0.2, 0.25) is 0 Å². The van der Waals surface area contributed by atoms with Crippen LogP contribution in [0.1, 0.15) is 258 Å². The van der Waals surface area contributed by atoms with Gasteiger partial charge in [-0.25, -0.2) is 0 Å². The molecule has 0 aliphatic carbocycles. The molecule has 0 rings (SSSR count). The van der Waals surface area contributed by atoms with E-state index in [9.17, 15) is 14.4 Å². The molecule has 6 heteroatoms. The molecule has 0 aromatic carbocycles. The van der Waals surface area contributed by atoms with Crippen LogP contribution in [0.25, 0.3) is 0 Å². The van der Waals surface area contributed by atoms with Gasteiger partial charge in [-0.3, -0.25) is 14.4 Å². The van der Waals surface area contributed by atoms with Gasteiger partial charge >= 0.3 is 17.9 Å². The first kappa shape index (κ1) is 66.1. The molecule has 0 aliphatic heterocycles. The average molecular weight is 972 g/mol. The van der Waals surface area contributed by atoms with Crippen molar-refractivity contribution in [2.24, 2.45) is 0 Å². The van der Waals surface area contributed by atoms with Gasteiger partial charge in [0.05, 0.1) is 0 Å². The zero-order valence-corrected chi connectivity index (χ0v) is 45.5. The molecule has 0 radical (unpaired) electrons. The van der Waals surface area contributed by atoms with Gasteiger partial charge in [-0.05, 0) is 116 Å². The van der Waals surface area contributed by atoms with Gasteiger partial charge in [0.1, 0.15) is 13.2 Å². The van der Waals surface area contributed by atoms with Gasteiger partial charge < -0.3 is 14.2 Å². The summed E-state index contributed by atoms with van der Waals surface area (Å²) in [5.41, 5.74) is 0. The van der Waals surface area contributed by atoms with Gasteiger partial charge in [0.25, 0.3) is 0 Å². The molecule has 0 fully saturated rings. The molecule has 1 atom stereocenters. The fraction of sp³-hybridized carbons (Fsp3) is 0.672. The molecule has 398 valence electrons. The molecule has 0 saturated heterocycles. The number of carbonyl (C=O) groups is 3. The molecule has 6 nitrogen and oxygen atoms in total. The minimum Gasteiger partial charge on any atom is -0.462 e. The third-order valence-corrected chi connectivity index (χ3v) is 12.0. The highest BCUT2D eigenvalue weighted by molar-refractivity contribution is 5.71. The molecule has 0 aliphatic rings. The van der Waals surface area contributed by atoms with E-state index in [1.807, 2.05) is 0 Å². The van der Waals surface area contributed by atoms with Crippen molar-refractivity contribution < 1.29 is 28.6 Å². The summed E-state index contributed by atoms with van der Waals surface area (Å²) in [6, 6.07) is 0. The largest absolute Gasteiger partial charge is 0.462 e. The minimum atomic E-state index is -0.796. The summed E-state index contributed by atoms with van der Waals surface area (Å²) < 4.78 is 16.8. The maximum absolute atomic E-state index is 12.8. The Morgan fingerprint density at radius 1 is 0.300 bits per heavy atom. The van der Waals surface area contributed by atoms with E-state index in [1.165, 1.54) is 77.0 Å². The third kappa shape index (κ3) is 55.0. The highest BCUT2D eigenvalue weighted by Gasteiger charge is 2.19. The second-order valence-corrected chi connectivity index (χ2v) is 18.8. The molecule has 0 aromatic rings. The Kier molecular flexibility index (Phi) is 54.4. The summed E-state index contributed by atoms with van der Waals surface area (Å²) in [6.07, 6.45) is 78.0. The molecule has 0 saturated carbocycles. The first-order chi connectivity index (χ1) is 34.5. The standard InChI is InChI=1S/C64H106O6/c1-4-7-10-13-16-19-22-24-26-28-29-30-31-32-33-34-35-37-38-40-42-45-48-51-54-57-63(66)69-60-61(59-68-62(65)56-53-50-47-44-21-18-15-12-9-6-3)70-64(67)58-55-52-49-46-43-41-39-36-27-25-23-20-17-14-11-8-5-2/h7-8,10-12,15-17,19-20,24-27,29-30,39,41,61H,4-6,9,13-14,18,21-23,28,31-38,40,42-60H2,1-3H3/b10-7-,11-8-,15-12-,19-16-,20-17-,26-24-,27-25-,30-29-,41-39-. The molecular formula is C64H106O6. The monoisotopic (exact) mass is 971 g/mol. The third-order valence-electron chi connectivity index (χ3n) is 12.0. The van der Waals surface area contributed by atoms with Gasteiger partial charge in [-0.1, -0.05) is 233 Å². The highest BCUT2D eigenvalue weighted by atomic mass is 16.6. The van der Waals surface area contributed by atoms with Crippen LogP contribution >= 0.6 is 0 Å². The molecule has 0 N–H and O–H groups in total. The van der Waals surface area contributed by atoms with E-state index in [0.717, 1.165) is 141 Å². The lowest BCUT2D eigenvalue weighted by Crippen LogP contribution is -2.30. The number of hydrogen-bond donors (Lipinski definition) is 0. The van der Waals surface area contributed by atoms with Gasteiger partial charge in [-0.2, -0.15) is 0 Å². The van der Waals surface area contributed by atoms with E-state index >= 15 is 0 Å². The quantitative estimate of drug-likeness (QED) is 0.0262. The molecule has 0 amide bonds. The van der Waals surface area contributed by atoms with Crippen LogP contribution in [0.2, 0.25) is 0 Å². The molecule has 70 heavy (non-hydrogen) atoms. The van der Waals surface area contributed by atoms with E-state index in [4.69, 9.17) is 14.2 Å². The molecule has 0 heterocycles. The predicted molar refractivity (Wildman–Crippen MR) is 302 cm³/mol. The van der Waals surface area contributed by atoms with Gasteiger partial charge in [0, 0.05) is 19.3 Å². The lowest BCUT2D eigenvalue weighted by molar-refractivity contribution is -0.167. The van der Waals surface area contributed by atoms with Crippen LogP contribution in [0.5, 0.6) is 0 Å². The van der Waals surface area contributed by atoms with Crippen LogP contribution in [0.15, 0.2) is 109 Å². The summed E-state index contributed by atoms with van der Waals surface area (Å²) in [4.78, 5) is 38.1. The number of hydrogen-bond acceptors (Lipinski definition) is 6. The van der Waals surface area contributed by atoms with Crippen molar-refractivity contribution in [1.29, 1.82) is 0 Å². The Morgan fingerprint density at radius 3 is 0.886 bits per heavy atom. The zero-order valence-electron chi connectivity index (χ0n) is 45.5. The molecular weight excluding hydrogens is 865 g/mol. The van der Waals surface area contributed by atoms with E-state index < -0.39 is 6.10 Å². The van der Waals surface area contributed by atoms with Crippen molar-refractivity contribution in [2.45, 2.75) is 264 Å². The summed E-state index contributed by atoms with van der Waals surface area (Å²) in [5.74, 6) is -0.929. The number of unbranched alkanes of at least 4 members (excludes halogenated alkanes) is 22. The second-order valence-electron chi connectivity index (χ2n) is 18.8. The Bertz CT molecular complexity index is 1440. The van der Waals surface area contributed by atoms with Crippen molar-refractivity contribution in [3.05, 3.63) is 109 Å². The highest BCUT2D eigenvalue weighted by Crippen LogP contribution is 2.15. The van der Waals surface area contributed by atoms with Crippen molar-refractivity contribution >= 4 is 17.9 Å². The maximum Gasteiger partial charge on any atom is 0.306 e. The Labute approximate surface area is 431 Å². The topological polar surface area (TPSA) is 78.9 Å². The van der Waals surface area contributed by atoms with Crippen LogP contribution < -0.4 is 0 Å². The zero-order chi connectivity index (χ0) is 50.7. The van der Waals surface area contributed by atoms with Crippen LogP contribution in [0.3, 0.4) is 0 Å². The van der Waals surface area contributed by atoms with E-state index in [-0.39, 0.29) is 31.1 Å². The lowest BCUT2D eigenvalue weighted by Gasteiger charge is -2.18. The number of ether oxygens (including phenoxy) is 3. The first-order valence-electron chi connectivity index (χ1n) is 28.9. The molecule has 1 unspecified atom stereocenters. The number of allylic oxidation sites excluding steroid dienone is 18. The summed E-state index contributed by atoms with van der Waals surface area (Å²) in [5, 5.41) is 0. The summed E-state index contributed by atoms with van der Waals surface area (Å²) >= 11 is 0. The SMILES string of the molecule is CC/C=C\C/C=C\C/C=C\C/C=C\CCCCCCCCCCCCCCC(=O)OCC(COC(=O)CCCCCCC/C=C\CCC)OC(=O)CCCCCC/C=C\C/C=C\C/C=C\C/C=C\CC. The van der Waals surface area contributed by atoms with Gasteiger partial charge in [0.15, 0.2) is 6.10 Å². The van der Waals surface area contributed by atoms with Crippen molar-refractivity contribution in [3.8, 4) is 0 Å². The Morgan fingerprint density at radius 2 is 0.557 bits per heavy atom. The first-order valence-corrected chi connectivity index (χ1v) is 28.9. The predicted octanol–water partition coefficient (Wildman–Crippen LogP) is 19.5. The molecule has 0 spiro atoms. The molecule has 0 aromatic heterocycles. The van der Waals surface area contributed by atoms with Gasteiger partial charge in [-0.15, -0.1) is 0 Å². The smallest absolute Gasteiger partial charge is 0.306 e. The minimum absolute atomic E-state index is 0.0925. The Balaban J connectivity index is 4.30. The summed E-state index contributed by atoms with van der Waals surface area (Å²) in [7, 11) is 0. The van der Waals surface area contributed by atoms with Crippen LogP contribution in [0.4, 0.5) is 0 Å². The normalized spacial score (nSPS) is 12.9. The number of rotatable bonds is 51. The van der Waals surface area contributed by atoms with Crippen LogP contribution in [-0.2, 0) is 28.6 Å². The van der Waals surface area contributed by atoms with Crippen molar-refractivity contribution in [3.63, 3.8) is 0 Å². The van der Waals surface area contributed by atoms with Crippen LogP contribution in [-0.4, -0.2) is 37.2 Å². The second kappa shape index (κ2) is 57.6. The van der Waals surface area contributed by atoms with E-state index in [2.05, 4.69) is 130 Å². The number of carbonyl (C=O) groups excluding carboxylic acids is 3. The van der Waals surface area contributed by atoms with E-state index in [1.54, 1.807) is 0 Å². The maximum atomic E-state index is 12.8. The fourth-order valence-electron chi connectivity index (χ4n) is 7.72.